The molecule has 0 saturated carbocycles. The van der Waals surface area contributed by atoms with Crippen molar-refractivity contribution < 1.29 is 0 Å². The highest BCUT2D eigenvalue weighted by Crippen LogP contribution is 2.20. The maximum atomic E-state index is 4.08. The Balaban J connectivity index is 2.11. The molecule has 0 aliphatic heterocycles. The normalized spacial score (nSPS) is 11.2. The fourth-order valence-electron chi connectivity index (χ4n) is 1.32. The molecule has 5 heteroatoms. The molecule has 1 heterocycles. The van der Waals surface area contributed by atoms with E-state index in [2.05, 4.69) is 29.4 Å². The van der Waals surface area contributed by atoms with Crippen LogP contribution in [-0.4, -0.2) is 28.5 Å². The van der Waals surface area contributed by atoms with Crippen molar-refractivity contribution in [1.29, 1.82) is 0 Å². The Hall–Kier alpha value is -0.130. The molecule has 1 aromatic heterocycles. The minimum absolute atomic E-state index is 0.668. The summed E-state index contributed by atoms with van der Waals surface area (Å²) in [6, 6.07) is 0.668. The lowest BCUT2D eigenvalue weighted by molar-refractivity contribution is 0.501. The van der Waals surface area contributed by atoms with Gasteiger partial charge in [0.25, 0.3) is 0 Å². The average Bonchev–Trinajstić information content (AvgIpc) is 2.65. The lowest BCUT2D eigenvalue weighted by atomic mass is 10.2. The third kappa shape index (κ3) is 4.95. The molecule has 0 unspecified atom stereocenters. The summed E-state index contributed by atoms with van der Waals surface area (Å²) in [5.41, 5.74) is 0. The minimum Gasteiger partial charge on any atom is -0.313 e. The van der Waals surface area contributed by atoms with Crippen molar-refractivity contribution in [3.05, 3.63) is 5.01 Å². The number of aromatic nitrogens is 2. The highest BCUT2D eigenvalue weighted by Gasteiger charge is 2.03. The molecule has 0 atom stereocenters. The lowest BCUT2D eigenvalue weighted by Gasteiger charge is -2.13. The first-order chi connectivity index (χ1) is 7.26. The fraction of sp³-hybridized carbons (Fsp3) is 0.800. The van der Waals surface area contributed by atoms with Crippen LogP contribution in [0.3, 0.4) is 0 Å². The van der Waals surface area contributed by atoms with Gasteiger partial charge >= 0.3 is 0 Å². The van der Waals surface area contributed by atoms with E-state index in [9.17, 15) is 0 Å². The van der Waals surface area contributed by atoms with Crippen LogP contribution in [0.2, 0.25) is 0 Å². The summed E-state index contributed by atoms with van der Waals surface area (Å²) in [7, 11) is 0. The highest BCUT2D eigenvalue weighted by atomic mass is 32.2. The van der Waals surface area contributed by atoms with E-state index in [1.807, 2.05) is 6.92 Å². The molecule has 0 spiro atoms. The molecular weight excluding hydrogens is 226 g/mol. The first kappa shape index (κ1) is 12.9. The van der Waals surface area contributed by atoms with Crippen LogP contribution >= 0.6 is 23.1 Å². The molecule has 0 bridgehead atoms. The van der Waals surface area contributed by atoms with E-state index in [0.29, 0.717) is 6.04 Å². The molecule has 1 N–H and O–H groups in total. The Morgan fingerprint density at radius 1 is 1.33 bits per heavy atom. The van der Waals surface area contributed by atoms with Crippen LogP contribution in [0.25, 0.3) is 0 Å². The van der Waals surface area contributed by atoms with Gasteiger partial charge in [-0.1, -0.05) is 36.9 Å². The van der Waals surface area contributed by atoms with Gasteiger partial charge in [0.05, 0.1) is 0 Å². The van der Waals surface area contributed by atoms with Crippen LogP contribution in [0, 0.1) is 6.92 Å². The van der Waals surface area contributed by atoms with Gasteiger partial charge in [-0.15, -0.1) is 10.2 Å². The van der Waals surface area contributed by atoms with Crippen LogP contribution in [0.5, 0.6) is 0 Å². The molecule has 86 valence electrons. The average molecular weight is 245 g/mol. The van der Waals surface area contributed by atoms with Crippen molar-refractivity contribution >= 4 is 23.1 Å². The van der Waals surface area contributed by atoms with E-state index in [4.69, 9.17) is 0 Å². The Morgan fingerprint density at radius 2 is 2.07 bits per heavy atom. The van der Waals surface area contributed by atoms with Gasteiger partial charge in [-0.2, -0.15) is 0 Å². The monoisotopic (exact) mass is 245 g/mol. The summed E-state index contributed by atoms with van der Waals surface area (Å²) < 4.78 is 1.08. The van der Waals surface area contributed by atoms with Gasteiger partial charge in [0, 0.05) is 18.3 Å². The van der Waals surface area contributed by atoms with Gasteiger partial charge in [0.2, 0.25) is 0 Å². The topological polar surface area (TPSA) is 37.8 Å². The zero-order valence-corrected chi connectivity index (χ0v) is 11.2. The van der Waals surface area contributed by atoms with Gasteiger partial charge in [-0.3, -0.25) is 0 Å². The number of rotatable bonds is 7. The Bertz CT molecular complexity index is 271. The molecule has 0 aliphatic rings. The summed E-state index contributed by atoms with van der Waals surface area (Å²) >= 11 is 3.46. The first-order valence-electron chi connectivity index (χ1n) is 5.42. The summed E-state index contributed by atoms with van der Waals surface area (Å²) in [6.45, 7) is 7.49. The molecule has 1 aromatic rings. The second kappa shape index (κ2) is 7.19. The van der Waals surface area contributed by atoms with Gasteiger partial charge in [0.15, 0.2) is 4.34 Å². The lowest BCUT2D eigenvalue weighted by Crippen LogP contribution is -2.29. The molecule has 3 nitrogen and oxygen atoms in total. The first-order valence-corrected chi connectivity index (χ1v) is 7.22. The Morgan fingerprint density at radius 3 is 2.60 bits per heavy atom. The van der Waals surface area contributed by atoms with Gasteiger partial charge in [-0.05, 0) is 19.8 Å². The van der Waals surface area contributed by atoms with Crippen molar-refractivity contribution in [3.63, 3.8) is 0 Å². The molecular formula is C10H19N3S2. The summed E-state index contributed by atoms with van der Waals surface area (Å²) in [4.78, 5) is 0. The Labute approximate surface area is 100 Å². The molecule has 0 fully saturated rings. The van der Waals surface area contributed by atoms with Crippen molar-refractivity contribution in [2.24, 2.45) is 0 Å². The molecule has 0 amide bonds. The largest absolute Gasteiger partial charge is 0.313 e. The van der Waals surface area contributed by atoms with E-state index in [1.54, 1.807) is 23.1 Å². The number of aryl methyl sites for hydroxylation is 1. The second-order valence-electron chi connectivity index (χ2n) is 3.40. The smallest absolute Gasteiger partial charge is 0.174 e. The molecule has 0 radical (unpaired) electrons. The van der Waals surface area contributed by atoms with Crippen LogP contribution in [0.4, 0.5) is 0 Å². The predicted molar refractivity (Wildman–Crippen MR) is 67.7 cm³/mol. The number of nitrogens with one attached hydrogen (secondary N) is 1. The van der Waals surface area contributed by atoms with Gasteiger partial charge in [0.1, 0.15) is 5.01 Å². The number of hydrogen-bond donors (Lipinski definition) is 1. The van der Waals surface area contributed by atoms with Crippen LogP contribution < -0.4 is 5.32 Å². The SMILES string of the molecule is CCC(CC)NCCSc1nnc(C)s1. The maximum Gasteiger partial charge on any atom is 0.174 e. The third-order valence-electron chi connectivity index (χ3n) is 2.25. The Kier molecular flexibility index (Phi) is 6.20. The zero-order chi connectivity index (χ0) is 11.1. The maximum absolute atomic E-state index is 4.08. The molecule has 0 aliphatic carbocycles. The van der Waals surface area contributed by atoms with E-state index >= 15 is 0 Å². The number of hydrogen-bond acceptors (Lipinski definition) is 5. The quantitative estimate of drug-likeness (QED) is 0.592. The van der Waals surface area contributed by atoms with Crippen molar-refractivity contribution in [2.75, 3.05) is 12.3 Å². The van der Waals surface area contributed by atoms with Crippen molar-refractivity contribution in [1.82, 2.24) is 15.5 Å². The van der Waals surface area contributed by atoms with Crippen molar-refractivity contribution in [3.8, 4) is 0 Å². The second-order valence-corrected chi connectivity index (χ2v) is 5.93. The summed E-state index contributed by atoms with van der Waals surface area (Å²) in [6.07, 6.45) is 2.41. The minimum atomic E-state index is 0.668. The summed E-state index contributed by atoms with van der Waals surface area (Å²) in [5, 5.41) is 12.6. The number of nitrogens with zero attached hydrogens (tertiary/aromatic N) is 2. The molecule has 0 saturated heterocycles. The van der Waals surface area contributed by atoms with E-state index in [-0.39, 0.29) is 0 Å². The molecule has 15 heavy (non-hydrogen) atoms. The van der Waals surface area contributed by atoms with E-state index in [0.717, 1.165) is 21.6 Å². The van der Waals surface area contributed by atoms with Crippen LogP contribution in [-0.2, 0) is 0 Å². The predicted octanol–water partition coefficient (Wildman–Crippen LogP) is 2.72. The van der Waals surface area contributed by atoms with E-state index < -0.39 is 0 Å². The fourth-order valence-corrected chi connectivity index (χ4v) is 3.07. The van der Waals surface area contributed by atoms with E-state index in [1.165, 1.54) is 12.8 Å². The zero-order valence-electron chi connectivity index (χ0n) is 9.62. The van der Waals surface area contributed by atoms with Crippen molar-refractivity contribution in [2.45, 2.75) is 44.0 Å². The number of thioether (sulfide) groups is 1. The summed E-state index contributed by atoms with van der Waals surface area (Å²) in [5.74, 6) is 1.07. The highest BCUT2D eigenvalue weighted by molar-refractivity contribution is 8.01. The molecule has 1 rings (SSSR count). The van der Waals surface area contributed by atoms with Crippen LogP contribution in [0.1, 0.15) is 31.7 Å². The molecule has 0 aromatic carbocycles. The standard InChI is InChI=1S/C10H19N3S2/c1-4-9(5-2)11-6-7-14-10-13-12-8(3)15-10/h9,11H,4-7H2,1-3H3. The van der Waals surface area contributed by atoms with Gasteiger partial charge < -0.3 is 5.32 Å². The van der Waals surface area contributed by atoms with Crippen LogP contribution in [0.15, 0.2) is 4.34 Å². The third-order valence-corrected chi connectivity index (χ3v) is 4.23. The van der Waals surface area contributed by atoms with Gasteiger partial charge in [-0.25, -0.2) is 0 Å².